The lowest BCUT2D eigenvalue weighted by atomic mass is 9.89. The number of nitrogens with two attached hydrogens (primary N) is 1. The molecule has 0 unspecified atom stereocenters. The van der Waals surface area contributed by atoms with E-state index < -0.39 is 0 Å². The molecule has 92 valence electrons. The first-order valence-electron chi connectivity index (χ1n) is 6.41. The Morgan fingerprint density at radius 1 is 1.24 bits per heavy atom. The van der Waals surface area contributed by atoms with E-state index in [0.717, 1.165) is 25.9 Å². The summed E-state index contributed by atoms with van der Waals surface area (Å²) in [6.45, 7) is 2.18. The van der Waals surface area contributed by atoms with Gasteiger partial charge in [-0.3, -0.25) is 0 Å². The van der Waals surface area contributed by atoms with Crippen molar-refractivity contribution >= 4 is 5.71 Å². The molecule has 0 aromatic heterocycles. The number of hydrogen-bond acceptors (Lipinski definition) is 3. The highest BCUT2D eigenvalue weighted by Gasteiger charge is 2.18. The Morgan fingerprint density at radius 3 is 2.59 bits per heavy atom. The highest BCUT2D eigenvalue weighted by atomic mass is 15.1. The number of aryl methyl sites for hydroxylation is 1. The monoisotopic (exact) mass is 231 g/mol. The van der Waals surface area contributed by atoms with Gasteiger partial charge in [0, 0.05) is 11.6 Å². The standard InChI is InChI=1S/C14H21N3/c15-17-14(13-8-10-16-11-9-13)7-6-12-4-2-1-3-5-12/h1-5,13,16H,6-11,15H2/b17-14+. The van der Waals surface area contributed by atoms with Crippen molar-refractivity contribution in [1.82, 2.24) is 5.32 Å². The first kappa shape index (κ1) is 12.1. The number of rotatable bonds is 4. The summed E-state index contributed by atoms with van der Waals surface area (Å²) >= 11 is 0. The van der Waals surface area contributed by atoms with Crippen LogP contribution in [0.3, 0.4) is 0 Å². The maximum Gasteiger partial charge on any atom is 0.0411 e. The number of hydrogen-bond donors (Lipinski definition) is 2. The molecular weight excluding hydrogens is 210 g/mol. The van der Waals surface area contributed by atoms with Crippen molar-refractivity contribution in [1.29, 1.82) is 0 Å². The van der Waals surface area contributed by atoms with Crippen LogP contribution < -0.4 is 11.2 Å². The van der Waals surface area contributed by atoms with Crippen LogP contribution in [0.15, 0.2) is 35.4 Å². The molecule has 3 heteroatoms. The van der Waals surface area contributed by atoms with Gasteiger partial charge in [-0.25, -0.2) is 0 Å². The Kier molecular flexibility index (Phi) is 4.56. The van der Waals surface area contributed by atoms with E-state index in [1.54, 1.807) is 0 Å². The van der Waals surface area contributed by atoms with Gasteiger partial charge in [0.2, 0.25) is 0 Å². The van der Waals surface area contributed by atoms with E-state index in [9.17, 15) is 0 Å². The summed E-state index contributed by atoms with van der Waals surface area (Å²) in [6.07, 6.45) is 4.38. The first-order valence-corrected chi connectivity index (χ1v) is 6.41. The zero-order chi connectivity index (χ0) is 11.9. The molecule has 0 amide bonds. The summed E-state index contributed by atoms with van der Waals surface area (Å²) in [5.74, 6) is 6.12. The van der Waals surface area contributed by atoms with Crippen LogP contribution >= 0.6 is 0 Å². The van der Waals surface area contributed by atoms with Gasteiger partial charge in [0.1, 0.15) is 0 Å². The van der Waals surface area contributed by atoms with Gasteiger partial charge >= 0.3 is 0 Å². The van der Waals surface area contributed by atoms with Crippen LogP contribution in [0.4, 0.5) is 0 Å². The highest BCUT2D eigenvalue weighted by Crippen LogP contribution is 2.17. The minimum Gasteiger partial charge on any atom is -0.323 e. The van der Waals surface area contributed by atoms with Gasteiger partial charge < -0.3 is 11.2 Å². The van der Waals surface area contributed by atoms with Crippen LogP contribution in [-0.2, 0) is 6.42 Å². The second kappa shape index (κ2) is 6.40. The predicted molar refractivity (Wildman–Crippen MR) is 72.0 cm³/mol. The second-order valence-electron chi connectivity index (χ2n) is 4.63. The van der Waals surface area contributed by atoms with Crippen molar-refractivity contribution in [3.63, 3.8) is 0 Å². The molecule has 1 aliphatic rings. The maximum absolute atomic E-state index is 5.54. The van der Waals surface area contributed by atoms with Crippen molar-refractivity contribution in [3.8, 4) is 0 Å². The van der Waals surface area contributed by atoms with Crippen molar-refractivity contribution in [2.45, 2.75) is 25.7 Å². The number of benzene rings is 1. The van der Waals surface area contributed by atoms with Crippen LogP contribution in [0.5, 0.6) is 0 Å². The highest BCUT2D eigenvalue weighted by molar-refractivity contribution is 5.86. The Balaban J connectivity index is 1.87. The van der Waals surface area contributed by atoms with E-state index in [1.807, 2.05) is 6.07 Å². The molecule has 3 nitrogen and oxygen atoms in total. The van der Waals surface area contributed by atoms with Gasteiger partial charge in [-0.1, -0.05) is 30.3 Å². The molecule has 1 saturated heterocycles. The molecule has 0 aliphatic carbocycles. The normalized spacial score (nSPS) is 18.2. The van der Waals surface area contributed by atoms with Crippen LogP contribution in [0.1, 0.15) is 24.8 Å². The molecule has 1 aromatic rings. The largest absolute Gasteiger partial charge is 0.323 e. The number of hydrazone groups is 1. The molecule has 1 heterocycles. The summed E-state index contributed by atoms with van der Waals surface area (Å²) in [6, 6.07) is 10.5. The molecule has 0 atom stereocenters. The Morgan fingerprint density at radius 2 is 1.94 bits per heavy atom. The van der Waals surface area contributed by atoms with E-state index in [4.69, 9.17) is 5.84 Å². The Hall–Kier alpha value is -1.35. The lowest BCUT2D eigenvalue weighted by Gasteiger charge is -2.23. The van der Waals surface area contributed by atoms with Gasteiger partial charge in [-0.2, -0.15) is 5.10 Å². The molecule has 17 heavy (non-hydrogen) atoms. The lowest BCUT2D eigenvalue weighted by molar-refractivity contribution is 0.451. The number of nitrogens with one attached hydrogen (secondary N) is 1. The third-order valence-corrected chi connectivity index (χ3v) is 3.49. The topological polar surface area (TPSA) is 50.4 Å². The summed E-state index contributed by atoms with van der Waals surface area (Å²) in [5.41, 5.74) is 2.55. The summed E-state index contributed by atoms with van der Waals surface area (Å²) < 4.78 is 0. The van der Waals surface area contributed by atoms with Gasteiger partial charge in [0.05, 0.1) is 0 Å². The lowest BCUT2D eigenvalue weighted by Crippen LogP contribution is -2.32. The molecule has 0 saturated carbocycles. The maximum atomic E-state index is 5.54. The number of nitrogens with zero attached hydrogens (tertiary/aromatic N) is 1. The molecule has 0 bridgehead atoms. The fourth-order valence-corrected chi connectivity index (χ4v) is 2.45. The Bertz CT molecular complexity index is 353. The molecule has 1 aromatic carbocycles. The molecular formula is C14H21N3. The van der Waals surface area contributed by atoms with Crippen LogP contribution in [0, 0.1) is 5.92 Å². The van der Waals surface area contributed by atoms with Crippen molar-refractivity contribution in [3.05, 3.63) is 35.9 Å². The summed E-state index contributed by atoms with van der Waals surface area (Å²) in [5, 5.41) is 7.39. The average molecular weight is 231 g/mol. The summed E-state index contributed by atoms with van der Waals surface area (Å²) in [4.78, 5) is 0. The van der Waals surface area contributed by atoms with E-state index in [-0.39, 0.29) is 0 Å². The quantitative estimate of drug-likeness (QED) is 0.472. The van der Waals surface area contributed by atoms with Gasteiger partial charge in [-0.05, 0) is 44.3 Å². The first-order chi connectivity index (χ1) is 8.40. The van der Waals surface area contributed by atoms with Gasteiger partial charge in [0.15, 0.2) is 0 Å². The van der Waals surface area contributed by atoms with E-state index in [1.165, 1.54) is 24.1 Å². The van der Waals surface area contributed by atoms with E-state index >= 15 is 0 Å². The molecule has 0 spiro atoms. The second-order valence-corrected chi connectivity index (χ2v) is 4.63. The van der Waals surface area contributed by atoms with Crippen molar-refractivity contribution in [2.24, 2.45) is 16.9 Å². The molecule has 0 radical (unpaired) electrons. The van der Waals surface area contributed by atoms with Crippen LogP contribution in [0.25, 0.3) is 0 Å². The minimum absolute atomic E-state index is 0.588. The Labute approximate surface area is 103 Å². The average Bonchev–Trinajstić information content (AvgIpc) is 2.42. The third-order valence-electron chi connectivity index (χ3n) is 3.49. The molecule has 3 N–H and O–H groups in total. The zero-order valence-electron chi connectivity index (χ0n) is 10.2. The SMILES string of the molecule is N/N=C(\CCc1ccccc1)C1CCNCC1. The fourth-order valence-electron chi connectivity index (χ4n) is 2.45. The van der Waals surface area contributed by atoms with E-state index in [2.05, 4.69) is 34.7 Å². The van der Waals surface area contributed by atoms with Crippen LogP contribution in [-0.4, -0.2) is 18.8 Å². The third kappa shape index (κ3) is 3.56. The molecule has 2 rings (SSSR count). The van der Waals surface area contributed by atoms with Crippen LogP contribution in [0.2, 0.25) is 0 Å². The van der Waals surface area contributed by atoms with Crippen molar-refractivity contribution < 1.29 is 0 Å². The smallest absolute Gasteiger partial charge is 0.0411 e. The zero-order valence-corrected chi connectivity index (χ0v) is 10.2. The molecule has 1 fully saturated rings. The fraction of sp³-hybridized carbons (Fsp3) is 0.500. The van der Waals surface area contributed by atoms with E-state index in [0.29, 0.717) is 5.92 Å². The van der Waals surface area contributed by atoms with Gasteiger partial charge in [0.25, 0.3) is 0 Å². The number of piperidine rings is 1. The minimum atomic E-state index is 0.588. The molecule has 1 aliphatic heterocycles. The van der Waals surface area contributed by atoms with Gasteiger partial charge in [-0.15, -0.1) is 0 Å². The van der Waals surface area contributed by atoms with Crippen molar-refractivity contribution in [2.75, 3.05) is 13.1 Å². The summed E-state index contributed by atoms with van der Waals surface area (Å²) in [7, 11) is 0. The predicted octanol–water partition coefficient (Wildman–Crippen LogP) is 1.93.